The molecular weight excluding hydrogens is 240 g/mol. The highest BCUT2D eigenvalue weighted by Crippen LogP contribution is 2.24. The second-order valence-electron chi connectivity index (χ2n) is 5.17. The van der Waals surface area contributed by atoms with E-state index in [1.165, 1.54) is 0 Å². The van der Waals surface area contributed by atoms with Crippen LogP contribution in [0, 0.1) is 5.41 Å². The van der Waals surface area contributed by atoms with Crippen LogP contribution in [0.3, 0.4) is 0 Å². The zero-order valence-electron chi connectivity index (χ0n) is 11.6. The first-order chi connectivity index (χ1) is 9.22. The summed E-state index contributed by atoms with van der Waals surface area (Å²) in [5.74, 6) is 0.835. The number of guanidine groups is 1. The van der Waals surface area contributed by atoms with Crippen molar-refractivity contribution in [2.45, 2.75) is 20.4 Å². The summed E-state index contributed by atoms with van der Waals surface area (Å²) in [6.07, 6.45) is 1.79. The van der Waals surface area contributed by atoms with Crippen LogP contribution in [-0.2, 0) is 11.3 Å². The molecule has 0 amide bonds. The van der Waals surface area contributed by atoms with Gasteiger partial charge in [0.1, 0.15) is 0 Å². The van der Waals surface area contributed by atoms with Crippen molar-refractivity contribution in [3.8, 4) is 0 Å². The maximum atomic E-state index is 5.25. The molecule has 2 N–H and O–H groups in total. The van der Waals surface area contributed by atoms with Crippen LogP contribution in [0.5, 0.6) is 0 Å². The predicted molar refractivity (Wildman–Crippen MR) is 76.0 cm³/mol. The van der Waals surface area contributed by atoms with Crippen molar-refractivity contribution in [3.63, 3.8) is 0 Å². The van der Waals surface area contributed by atoms with Gasteiger partial charge >= 0.3 is 0 Å². The minimum atomic E-state index is 0.237. The molecule has 1 aliphatic heterocycles. The Labute approximate surface area is 114 Å². The molecule has 0 unspecified atom stereocenters. The van der Waals surface area contributed by atoms with Gasteiger partial charge in [0.15, 0.2) is 5.96 Å². The van der Waals surface area contributed by atoms with Crippen molar-refractivity contribution in [2.24, 2.45) is 10.4 Å². The Morgan fingerprint density at radius 3 is 2.84 bits per heavy atom. The van der Waals surface area contributed by atoms with Gasteiger partial charge in [0.2, 0.25) is 0 Å². The number of aliphatic imine (C=N–C) groups is 1. The molecule has 0 spiro atoms. The largest absolute Gasteiger partial charge is 0.380 e. The van der Waals surface area contributed by atoms with Gasteiger partial charge in [-0.05, 0) is 19.1 Å². The SMILES string of the molecule is CCNC(=NCc1ccccn1)NCC1(C)COC1. The Hall–Kier alpha value is -1.62. The summed E-state index contributed by atoms with van der Waals surface area (Å²) < 4.78 is 5.25. The normalized spacial score (nSPS) is 17.7. The smallest absolute Gasteiger partial charge is 0.191 e. The highest BCUT2D eigenvalue weighted by molar-refractivity contribution is 5.79. The molecule has 0 bridgehead atoms. The van der Waals surface area contributed by atoms with Gasteiger partial charge in [-0.3, -0.25) is 4.98 Å². The lowest BCUT2D eigenvalue weighted by atomic mass is 9.89. The fourth-order valence-corrected chi connectivity index (χ4v) is 1.84. The highest BCUT2D eigenvalue weighted by Gasteiger charge is 2.33. The van der Waals surface area contributed by atoms with E-state index < -0.39 is 0 Å². The van der Waals surface area contributed by atoms with E-state index >= 15 is 0 Å². The molecule has 2 heterocycles. The van der Waals surface area contributed by atoms with Crippen LogP contribution in [0.1, 0.15) is 19.5 Å². The molecule has 1 aromatic heterocycles. The number of ether oxygens (including phenoxy) is 1. The van der Waals surface area contributed by atoms with E-state index in [0.717, 1.165) is 38.0 Å². The maximum absolute atomic E-state index is 5.25. The molecule has 1 saturated heterocycles. The van der Waals surface area contributed by atoms with E-state index in [4.69, 9.17) is 4.74 Å². The second-order valence-corrected chi connectivity index (χ2v) is 5.17. The summed E-state index contributed by atoms with van der Waals surface area (Å²) in [6, 6.07) is 5.87. The van der Waals surface area contributed by atoms with Crippen molar-refractivity contribution < 1.29 is 4.74 Å². The number of hydrogen-bond donors (Lipinski definition) is 2. The van der Waals surface area contributed by atoms with Gasteiger partial charge in [-0.25, -0.2) is 4.99 Å². The minimum Gasteiger partial charge on any atom is -0.380 e. The van der Waals surface area contributed by atoms with E-state index in [9.17, 15) is 0 Å². The Morgan fingerprint density at radius 2 is 2.26 bits per heavy atom. The summed E-state index contributed by atoms with van der Waals surface area (Å²) in [4.78, 5) is 8.80. The fourth-order valence-electron chi connectivity index (χ4n) is 1.84. The molecule has 0 saturated carbocycles. The standard InChI is InChI=1S/C14H22N4O/c1-3-15-13(18-9-14(2)10-19-11-14)17-8-12-6-4-5-7-16-12/h4-7H,3,8-11H2,1-2H3,(H2,15,17,18). The molecular formula is C14H22N4O. The second kappa shape index (κ2) is 6.52. The van der Waals surface area contributed by atoms with Gasteiger partial charge < -0.3 is 15.4 Å². The molecule has 104 valence electrons. The molecule has 19 heavy (non-hydrogen) atoms. The first kappa shape index (κ1) is 13.8. The third-order valence-electron chi connectivity index (χ3n) is 3.05. The van der Waals surface area contributed by atoms with Crippen molar-refractivity contribution in [1.82, 2.24) is 15.6 Å². The molecule has 0 radical (unpaired) electrons. The van der Waals surface area contributed by atoms with E-state index in [1.807, 2.05) is 18.2 Å². The third-order valence-corrected chi connectivity index (χ3v) is 3.05. The Balaban J connectivity index is 1.87. The monoisotopic (exact) mass is 262 g/mol. The third kappa shape index (κ3) is 4.21. The number of hydrogen-bond acceptors (Lipinski definition) is 3. The average molecular weight is 262 g/mol. The summed E-state index contributed by atoms with van der Waals surface area (Å²) in [5.41, 5.74) is 1.21. The zero-order chi connectivity index (χ0) is 13.6. The Morgan fingerprint density at radius 1 is 1.42 bits per heavy atom. The van der Waals surface area contributed by atoms with E-state index in [1.54, 1.807) is 6.20 Å². The summed E-state index contributed by atoms with van der Waals surface area (Å²) in [5, 5.41) is 6.61. The summed E-state index contributed by atoms with van der Waals surface area (Å²) in [7, 11) is 0. The van der Waals surface area contributed by atoms with Gasteiger partial charge in [-0.2, -0.15) is 0 Å². The van der Waals surface area contributed by atoms with Crippen LogP contribution in [0.2, 0.25) is 0 Å². The zero-order valence-corrected chi connectivity index (χ0v) is 11.6. The summed E-state index contributed by atoms with van der Waals surface area (Å²) >= 11 is 0. The first-order valence-electron chi connectivity index (χ1n) is 6.72. The molecule has 5 heteroatoms. The fraction of sp³-hybridized carbons (Fsp3) is 0.571. The Kier molecular flexibility index (Phi) is 4.74. The molecule has 0 aromatic carbocycles. The summed E-state index contributed by atoms with van der Waals surface area (Å²) in [6.45, 7) is 8.23. The number of rotatable bonds is 5. The van der Waals surface area contributed by atoms with Gasteiger partial charge in [0, 0.05) is 24.7 Å². The van der Waals surface area contributed by atoms with Crippen LogP contribution in [0.15, 0.2) is 29.4 Å². The molecule has 0 atom stereocenters. The van der Waals surface area contributed by atoms with Gasteiger partial charge in [-0.15, -0.1) is 0 Å². The van der Waals surface area contributed by atoms with Crippen molar-refractivity contribution in [3.05, 3.63) is 30.1 Å². The van der Waals surface area contributed by atoms with E-state index in [2.05, 4.69) is 34.5 Å². The molecule has 0 aliphatic carbocycles. The molecule has 1 aliphatic rings. The molecule has 2 rings (SSSR count). The van der Waals surface area contributed by atoms with Crippen molar-refractivity contribution in [1.29, 1.82) is 0 Å². The van der Waals surface area contributed by atoms with Crippen molar-refractivity contribution >= 4 is 5.96 Å². The molecule has 1 aromatic rings. The lowest BCUT2D eigenvalue weighted by Gasteiger charge is -2.38. The number of aromatic nitrogens is 1. The van der Waals surface area contributed by atoms with Gasteiger partial charge in [0.05, 0.1) is 25.5 Å². The van der Waals surface area contributed by atoms with Crippen LogP contribution >= 0.6 is 0 Å². The first-order valence-corrected chi connectivity index (χ1v) is 6.72. The lowest BCUT2D eigenvalue weighted by molar-refractivity contribution is -0.0971. The van der Waals surface area contributed by atoms with Gasteiger partial charge in [0.25, 0.3) is 0 Å². The molecule has 1 fully saturated rings. The van der Waals surface area contributed by atoms with Crippen LogP contribution < -0.4 is 10.6 Å². The van der Waals surface area contributed by atoms with E-state index in [0.29, 0.717) is 6.54 Å². The lowest BCUT2D eigenvalue weighted by Crippen LogP contribution is -2.51. The molecule has 5 nitrogen and oxygen atoms in total. The topological polar surface area (TPSA) is 58.5 Å². The van der Waals surface area contributed by atoms with E-state index in [-0.39, 0.29) is 5.41 Å². The quantitative estimate of drug-likeness (QED) is 0.618. The average Bonchev–Trinajstić information content (AvgIpc) is 2.41. The number of nitrogens with zero attached hydrogens (tertiary/aromatic N) is 2. The van der Waals surface area contributed by atoms with Crippen LogP contribution in [0.4, 0.5) is 0 Å². The number of nitrogens with one attached hydrogen (secondary N) is 2. The predicted octanol–water partition coefficient (Wildman–Crippen LogP) is 1.17. The Bertz CT molecular complexity index is 415. The highest BCUT2D eigenvalue weighted by atomic mass is 16.5. The van der Waals surface area contributed by atoms with Gasteiger partial charge in [-0.1, -0.05) is 13.0 Å². The van der Waals surface area contributed by atoms with Crippen molar-refractivity contribution in [2.75, 3.05) is 26.3 Å². The van der Waals surface area contributed by atoms with Crippen LogP contribution in [-0.4, -0.2) is 37.2 Å². The minimum absolute atomic E-state index is 0.237. The van der Waals surface area contributed by atoms with Crippen LogP contribution in [0.25, 0.3) is 0 Å². The maximum Gasteiger partial charge on any atom is 0.191 e. The number of pyridine rings is 1.